The van der Waals surface area contributed by atoms with Gasteiger partial charge in [0.15, 0.2) is 0 Å². The second-order valence-electron chi connectivity index (χ2n) is 3.50. The van der Waals surface area contributed by atoms with Crippen molar-refractivity contribution in [2.75, 3.05) is 0 Å². The maximum atomic E-state index is 8.92. The third-order valence-corrected chi connectivity index (χ3v) is 3.81. The van der Waals surface area contributed by atoms with Crippen molar-refractivity contribution in [2.24, 2.45) is 0 Å². The summed E-state index contributed by atoms with van der Waals surface area (Å²) >= 11 is -1.64. The molecule has 2 aromatic carbocycles. The molecule has 0 unspecified atom stereocenters. The second-order valence-corrected chi connectivity index (χ2v) is 4.92. The van der Waals surface area contributed by atoms with Crippen molar-refractivity contribution in [2.45, 2.75) is 0 Å². The maximum absolute atomic E-state index is 8.92. The normalized spacial score (nSPS) is 8.95. The van der Waals surface area contributed by atoms with Crippen LogP contribution in [0.1, 0.15) is 11.1 Å². The summed E-state index contributed by atoms with van der Waals surface area (Å²) < 4.78 is 11.1. The van der Waals surface area contributed by atoms with Crippen molar-refractivity contribution in [3.63, 3.8) is 0 Å². The molecule has 0 aliphatic carbocycles. The molecule has 0 heterocycles. The number of hydrogen-bond donors (Lipinski definition) is 0. The van der Waals surface area contributed by atoms with Crippen LogP contribution in [0.5, 0.6) is 11.5 Å². The third-order valence-electron chi connectivity index (χ3n) is 2.32. The molecule has 0 saturated heterocycles. The Kier molecular flexibility index (Phi) is 4.73. The Hall–Kier alpha value is -2.10. The van der Waals surface area contributed by atoms with Gasteiger partial charge in [0.1, 0.15) is 0 Å². The van der Waals surface area contributed by atoms with Crippen molar-refractivity contribution in [1.82, 2.24) is 0 Å². The van der Waals surface area contributed by atoms with Gasteiger partial charge in [0, 0.05) is 0 Å². The van der Waals surface area contributed by atoms with Crippen LogP contribution in [0.2, 0.25) is 0 Å². The van der Waals surface area contributed by atoms with Crippen LogP contribution >= 0.6 is 0 Å². The molecule has 0 saturated carbocycles. The minimum absolute atomic E-state index is 0.487. The Morgan fingerprint density at radius 2 is 1.16 bits per heavy atom. The fraction of sp³-hybridized carbons (Fsp3) is 0. The van der Waals surface area contributed by atoms with Crippen molar-refractivity contribution in [3.8, 4) is 23.6 Å². The number of para-hydroxylation sites is 2. The van der Waals surface area contributed by atoms with E-state index in [1.807, 2.05) is 0 Å². The van der Waals surface area contributed by atoms with E-state index in [0.29, 0.717) is 22.6 Å². The van der Waals surface area contributed by atoms with Gasteiger partial charge in [0.05, 0.1) is 0 Å². The molecule has 0 fully saturated rings. The summed E-state index contributed by atoms with van der Waals surface area (Å²) in [5, 5.41) is 17.8. The van der Waals surface area contributed by atoms with E-state index in [1.165, 1.54) is 0 Å². The van der Waals surface area contributed by atoms with Gasteiger partial charge in [-0.1, -0.05) is 0 Å². The molecule has 0 bridgehead atoms. The van der Waals surface area contributed by atoms with E-state index in [4.69, 9.17) is 16.2 Å². The first-order chi connectivity index (χ1) is 9.35. The van der Waals surface area contributed by atoms with Crippen LogP contribution in [-0.4, -0.2) is 0 Å². The number of benzene rings is 2. The summed E-state index contributed by atoms with van der Waals surface area (Å²) in [4.78, 5) is 0. The molecule has 90 valence electrons. The summed E-state index contributed by atoms with van der Waals surface area (Å²) in [6.45, 7) is 0. The van der Waals surface area contributed by atoms with Crippen molar-refractivity contribution in [3.05, 3.63) is 59.7 Å². The fourth-order valence-corrected chi connectivity index (χ4v) is 2.83. The van der Waals surface area contributed by atoms with Gasteiger partial charge >= 0.3 is 124 Å². The van der Waals surface area contributed by atoms with Crippen LogP contribution in [-0.2, 0) is 24.1 Å². The fourth-order valence-electron chi connectivity index (χ4n) is 1.41. The molecule has 0 spiro atoms. The first-order valence-corrected chi connectivity index (χ1v) is 7.43. The summed E-state index contributed by atoms with van der Waals surface area (Å²) in [6, 6.07) is 18.1. The average molecular weight is 327 g/mol. The van der Waals surface area contributed by atoms with Gasteiger partial charge in [-0.3, -0.25) is 0 Å². The summed E-state index contributed by atoms with van der Waals surface area (Å²) in [7, 11) is 0. The van der Waals surface area contributed by atoms with Crippen LogP contribution in [0, 0.1) is 22.7 Å². The average Bonchev–Trinajstić information content (AvgIpc) is 2.48. The second kappa shape index (κ2) is 6.73. The zero-order valence-corrected chi connectivity index (χ0v) is 12.3. The molecule has 19 heavy (non-hydrogen) atoms. The van der Waals surface area contributed by atoms with Crippen LogP contribution < -0.4 is 5.63 Å². The van der Waals surface area contributed by atoms with E-state index in [2.05, 4.69) is 12.1 Å². The number of hydrogen-bond acceptors (Lipinski definition) is 4. The minimum atomic E-state index is -1.64. The van der Waals surface area contributed by atoms with Gasteiger partial charge in [-0.2, -0.15) is 0 Å². The molecule has 0 amide bonds. The van der Waals surface area contributed by atoms with Crippen molar-refractivity contribution >= 4 is 0 Å². The van der Waals surface area contributed by atoms with E-state index in [9.17, 15) is 0 Å². The summed E-state index contributed by atoms with van der Waals surface area (Å²) in [5.74, 6) is 1.07. The molecule has 0 N–H and O–H groups in total. The molecule has 0 aliphatic rings. The molecule has 4 nitrogen and oxygen atoms in total. The van der Waals surface area contributed by atoms with Crippen molar-refractivity contribution in [1.29, 1.82) is 10.5 Å². The predicted octanol–water partition coefficient (Wildman–Crippen LogP) is 2.80. The summed E-state index contributed by atoms with van der Waals surface area (Å²) in [6.07, 6.45) is 0. The van der Waals surface area contributed by atoms with Gasteiger partial charge in [0.2, 0.25) is 0 Å². The third kappa shape index (κ3) is 3.44. The number of rotatable bonds is 4. The van der Waals surface area contributed by atoms with E-state index >= 15 is 0 Å². The number of nitriles is 2. The van der Waals surface area contributed by atoms with Gasteiger partial charge in [-0.15, -0.1) is 0 Å². The Morgan fingerprint density at radius 3 is 1.58 bits per heavy atom. The monoisotopic (exact) mass is 326 g/mol. The van der Waals surface area contributed by atoms with Gasteiger partial charge in [-0.25, -0.2) is 0 Å². The molecule has 2 rings (SSSR count). The molecule has 0 aliphatic heterocycles. The Labute approximate surface area is 123 Å². The summed E-state index contributed by atoms with van der Waals surface area (Å²) in [5.41, 5.74) is 0.973. The van der Waals surface area contributed by atoms with Gasteiger partial charge < -0.3 is 0 Å². The quantitative estimate of drug-likeness (QED) is 0.866. The van der Waals surface area contributed by atoms with Crippen LogP contribution in [0.3, 0.4) is 0 Å². The van der Waals surface area contributed by atoms with E-state index < -0.39 is 24.1 Å². The SMILES string of the molecule is N#Cc1ccccc1[O][Zr][O]c1ccccc1C#N. The Morgan fingerprint density at radius 1 is 0.737 bits per heavy atom. The van der Waals surface area contributed by atoms with E-state index in [1.54, 1.807) is 48.5 Å². The van der Waals surface area contributed by atoms with Crippen LogP contribution in [0.25, 0.3) is 0 Å². The molecule has 0 aromatic heterocycles. The van der Waals surface area contributed by atoms with Crippen LogP contribution in [0.4, 0.5) is 0 Å². The molecule has 2 aromatic rings. The van der Waals surface area contributed by atoms with Crippen LogP contribution in [0.15, 0.2) is 48.5 Å². The van der Waals surface area contributed by atoms with Crippen molar-refractivity contribution < 1.29 is 29.7 Å². The molecular formula is C14H8N2O2Zr. The van der Waals surface area contributed by atoms with E-state index in [-0.39, 0.29) is 0 Å². The molecule has 0 atom stereocenters. The van der Waals surface area contributed by atoms with Gasteiger partial charge in [-0.05, 0) is 0 Å². The molecule has 5 heteroatoms. The Bertz CT molecular complexity index is 601. The molecule has 0 radical (unpaired) electrons. The van der Waals surface area contributed by atoms with Gasteiger partial charge in [0.25, 0.3) is 0 Å². The standard InChI is InChI=1S/2C7H5NO.Zr/c2*8-5-6-3-1-2-4-7(6)9;/h2*1-4,9H;/q;;+2/p-2. The first kappa shape index (κ1) is 13.3. The number of nitrogens with zero attached hydrogens (tertiary/aromatic N) is 2. The van der Waals surface area contributed by atoms with E-state index in [0.717, 1.165) is 0 Å². The first-order valence-electron chi connectivity index (χ1n) is 5.42. The zero-order valence-electron chi connectivity index (χ0n) is 9.83. The predicted molar refractivity (Wildman–Crippen MR) is 63.6 cm³/mol. The topological polar surface area (TPSA) is 66.0 Å². The zero-order chi connectivity index (χ0) is 13.5. The molecular weight excluding hydrogens is 319 g/mol. The Balaban J connectivity index is 2.01.